The summed E-state index contributed by atoms with van der Waals surface area (Å²) in [6.07, 6.45) is 1.80. The van der Waals surface area contributed by atoms with E-state index in [9.17, 15) is 0 Å². The summed E-state index contributed by atoms with van der Waals surface area (Å²) in [4.78, 5) is 0. The molecular weight excluding hydrogens is 395 g/mol. The van der Waals surface area contributed by atoms with Gasteiger partial charge in [-0.05, 0) is 41.1 Å². The summed E-state index contributed by atoms with van der Waals surface area (Å²) in [5.41, 5.74) is 1.94. The molecule has 0 aliphatic rings. The molecule has 0 radical (unpaired) electrons. The largest absolute Gasteiger partial charge is 0.158 e. The molecule has 4 aromatic rings. The van der Waals surface area contributed by atoms with Crippen LogP contribution in [-0.4, -0.2) is 17.7 Å². The SMILES string of the molecule is C/C(C=P(c1ccccc1)(c1ccccc1)c1ccccc1)=N/N=C\c1ccccc1. The van der Waals surface area contributed by atoms with Crippen molar-refractivity contribution in [3.63, 3.8) is 0 Å². The van der Waals surface area contributed by atoms with Crippen molar-refractivity contribution in [3.05, 3.63) is 127 Å². The molecule has 0 spiro atoms. The van der Waals surface area contributed by atoms with E-state index in [1.165, 1.54) is 15.9 Å². The molecule has 0 fully saturated rings. The fraction of sp³-hybridized carbons (Fsp3) is 0.0357. The fourth-order valence-electron chi connectivity index (χ4n) is 3.69. The lowest BCUT2D eigenvalue weighted by Gasteiger charge is -2.28. The van der Waals surface area contributed by atoms with Crippen LogP contribution in [0.1, 0.15) is 12.5 Å². The van der Waals surface area contributed by atoms with Gasteiger partial charge in [0.2, 0.25) is 0 Å². The topological polar surface area (TPSA) is 24.7 Å². The molecular formula is C28H25N2P. The van der Waals surface area contributed by atoms with Gasteiger partial charge in [0.05, 0.1) is 11.9 Å². The minimum Gasteiger partial charge on any atom is -0.158 e. The second kappa shape index (κ2) is 10.0. The highest BCUT2D eigenvalue weighted by Gasteiger charge is 2.25. The van der Waals surface area contributed by atoms with Crippen LogP contribution in [0.2, 0.25) is 0 Å². The van der Waals surface area contributed by atoms with Gasteiger partial charge < -0.3 is 0 Å². The summed E-state index contributed by atoms with van der Waals surface area (Å²) in [5, 5.41) is 12.8. The van der Waals surface area contributed by atoms with Crippen molar-refractivity contribution >= 4 is 40.5 Å². The molecule has 4 aromatic carbocycles. The highest BCUT2D eigenvalue weighted by molar-refractivity contribution is 7.95. The van der Waals surface area contributed by atoms with E-state index < -0.39 is 6.89 Å². The van der Waals surface area contributed by atoms with Crippen molar-refractivity contribution in [2.24, 2.45) is 10.2 Å². The summed E-state index contributed by atoms with van der Waals surface area (Å²) in [7, 11) is 0. The van der Waals surface area contributed by atoms with Crippen molar-refractivity contribution in [1.29, 1.82) is 0 Å². The highest BCUT2D eigenvalue weighted by Crippen LogP contribution is 2.43. The Hall–Kier alpha value is -3.48. The minimum absolute atomic E-state index is 0.900. The molecule has 0 bridgehead atoms. The summed E-state index contributed by atoms with van der Waals surface area (Å²) in [6, 6.07) is 42.3. The van der Waals surface area contributed by atoms with E-state index in [1.54, 1.807) is 6.21 Å². The molecule has 0 aromatic heterocycles. The molecule has 0 atom stereocenters. The Morgan fingerprint density at radius 3 is 1.39 bits per heavy atom. The summed E-state index contributed by atoms with van der Waals surface area (Å²) in [5.74, 6) is 2.33. The second-order valence-corrected chi connectivity index (χ2v) is 10.5. The zero-order chi connectivity index (χ0) is 21.4. The maximum Gasteiger partial charge on any atom is 0.0610 e. The van der Waals surface area contributed by atoms with Crippen molar-refractivity contribution < 1.29 is 0 Å². The monoisotopic (exact) mass is 420 g/mol. The van der Waals surface area contributed by atoms with Crippen LogP contribution >= 0.6 is 6.89 Å². The number of rotatable bonds is 6. The normalized spacial score (nSPS) is 12.1. The van der Waals surface area contributed by atoms with E-state index >= 15 is 0 Å². The fourth-order valence-corrected chi connectivity index (χ4v) is 7.57. The lowest BCUT2D eigenvalue weighted by atomic mass is 10.2. The van der Waals surface area contributed by atoms with Crippen molar-refractivity contribution in [1.82, 2.24) is 0 Å². The second-order valence-electron chi connectivity index (χ2n) is 7.26. The van der Waals surface area contributed by atoms with Gasteiger partial charge in [-0.1, -0.05) is 121 Å². The number of hydrogen-bond acceptors (Lipinski definition) is 2. The van der Waals surface area contributed by atoms with Gasteiger partial charge in [-0.25, -0.2) is 0 Å². The van der Waals surface area contributed by atoms with Crippen LogP contribution in [-0.2, 0) is 0 Å². The predicted octanol–water partition coefficient (Wildman–Crippen LogP) is 5.28. The van der Waals surface area contributed by atoms with Gasteiger partial charge >= 0.3 is 0 Å². The van der Waals surface area contributed by atoms with E-state index in [-0.39, 0.29) is 0 Å². The van der Waals surface area contributed by atoms with Crippen LogP contribution in [0.3, 0.4) is 0 Å². The van der Waals surface area contributed by atoms with E-state index in [0.717, 1.165) is 11.3 Å². The zero-order valence-electron chi connectivity index (χ0n) is 17.5. The van der Waals surface area contributed by atoms with Gasteiger partial charge in [-0.2, -0.15) is 10.2 Å². The van der Waals surface area contributed by atoms with Crippen LogP contribution < -0.4 is 15.9 Å². The summed E-state index contributed by atoms with van der Waals surface area (Å²) in [6.45, 7) is -0.0176. The van der Waals surface area contributed by atoms with Gasteiger partial charge in [-0.3, -0.25) is 0 Å². The molecule has 0 saturated carbocycles. The van der Waals surface area contributed by atoms with Crippen molar-refractivity contribution in [2.45, 2.75) is 6.92 Å². The first-order valence-electron chi connectivity index (χ1n) is 10.3. The predicted molar refractivity (Wildman–Crippen MR) is 138 cm³/mol. The molecule has 0 aliphatic heterocycles. The standard InChI is InChI=1S/C28H25N2P/c1-24(30-29-22-25-14-6-2-7-15-25)23-31(26-16-8-3-9-17-26,27-18-10-4-11-19-27)28-20-12-5-13-21-28/h2-23H,1H3/b29-22-,30-24-. The zero-order valence-corrected chi connectivity index (χ0v) is 18.4. The molecule has 2 nitrogen and oxygen atoms in total. The minimum atomic E-state index is -2.05. The molecule has 152 valence electrons. The summed E-state index contributed by atoms with van der Waals surface area (Å²) >= 11 is 0. The third kappa shape index (κ3) is 4.82. The smallest absolute Gasteiger partial charge is 0.0610 e. The Morgan fingerprint density at radius 1 is 0.581 bits per heavy atom. The molecule has 0 heterocycles. The Balaban J connectivity index is 1.91. The molecule has 3 heteroatoms. The van der Waals surface area contributed by atoms with Crippen LogP contribution in [0, 0.1) is 0 Å². The van der Waals surface area contributed by atoms with Crippen molar-refractivity contribution in [2.75, 3.05) is 0 Å². The molecule has 4 rings (SSSR count). The Labute approximate surface area is 184 Å². The average molecular weight is 420 g/mol. The Bertz CT molecular complexity index is 1110. The molecule has 0 aliphatic carbocycles. The molecule has 31 heavy (non-hydrogen) atoms. The number of hydrogen-bond donors (Lipinski definition) is 0. The molecule has 0 N–H and O–H groups in total. The first-order valence-corrected chi connectivity index (χ1v) is 12.2. The van der Waals surface area contributed by atoms with E-state index in [1.807, 2.05) is 37.3 Å². The lowest BCUT2D eigenvalue weighted by Crippen LogP contribution is -2.28. The van der Waals surface area contributed by atoms with Gasteiger partial charge in [0.1, 0.15) is 0 Å². The maximum absolute atomic E-state index is 4.54. The quantitative estimate of drug-likeness (QED) is 0.230. The lowest BCUT2D eigenvalue weighted by molar-refractivity contribution is 1.25. The number of nitrogens with zero attached hydrogens (tertiary/aromatic N) is 2. The Morgan fingerprint density at radius 2 is 0.968 bits per heavy atom. The van der Waals surface area contributed by atoms with Crippen LogP contribution in [0.15, 0.2) is 132 Å². The van der Waals surface area contributed by atoms with Crippen LogP contribution in [0.5, 0.6) is 0 Å². The first-order chi connectivity index (χ1) is 15.3. The van der Waals surface area contributed by atoms with Gasteiger partial charge in [0.25, 0.3) is 0 Å². The third-order valence-electron chi connectivity index (χ3n) is 5.09. The van der Waals surface area contributed by atoms with E-state index in [4.69, 9.17) is 0 Å². The van der Waals surface area contributed by atoms with Crippen LogP contribution in [0.25, 0.3) is 0 Å². The van der Waals surface area contributed by atoms with E-state index in [2.05, 4.69) is 107 Å². The van der Waals surface area contributed by atoms with Gasteiger partial charge in [0, 0.05) is 0 Å². The third-order valence-corrected chi connectivity index (χ3v) is 9.19. The maximum atomic E-state index is 4.54. The molecule has 0 saturated heterocycles. The van der Waals surface area contributed by atoms with Gasteiger partial charge in [0.15, 0.2) is 0 Å². The van der Waals surface area contributed by atoms with Crippen LogP contribution in [0.4, 0.5) is 0 Å². The Kier molecular flexibility index (Phi) is 6.72. The van der Waals surface area contributed by atoms with Gasteiger partial charge in [-0.15, -0.1) is 0 Å². The highest BCUT2D eigenvalue weighted by atomic mass is 31.2. The van der Waals surface area contributed by atoms with Crippen molar-refractivity contribution in [3.8, 4) is 0 Å². The summed E-state index contributed by atoms with van der Waals surface area (Å²) < 4.78 is 0. The average Bonchev–Trinajstić information content (AvgIpc) is 2.85. The molecule has 0 unspecified atom stereocenters. The first kappa shape index (κ1) is 20.8. The number of benzene rings is 4. The molecule has 0 amide bonds. The van der Waals surface area contributed by atoms with E-state index in [0.29, 0.717) is 0 Å².